The largest absolute Gasteiger partial charge is 0.461 e. The van der Waals surface area contributed by atoms with Gasteiger partial charge in [0.2, 0.25) is 0 Å². The van der Waals surface area contributed by atoms with Crippen LogP contribution in [0.2, 0.25) is 0 Å². The third-order valence-corrected chi connectivity index (χ3v) is 4.94. The van der Waals surface area contributed by atoms with Crippen molar-refractivity contribution in [2.24, 2.45) is 5.92 Å². The fraction of sp³-hybridized carbons (Fsp3) is 0.231. The third-order valence-electron chi connectivity index (χ3n) is 4.94. The standard InChI is InChI=1S/C26H27NO3/c1-17(2)26(29)30-16-22-9-5-6-11-24(22)27-25(28)23-15-21(13-12-19(23)4)20-10-7-8-18(3)14-20/h5-15,17H,16H2,1-4H3,(H,27,28). The van der Waals surface area contributed by atoms with Gasteiger partial charge in [0.1, 0.15) is 6.61 Å². The predicted octanol–water partition coefficient (Wildman–Crippen LogP) is 5.92. The molecule has 0 fully saturated rings. The van der Waals surface area contributed by atoms with E-state index in [0.29, 0.717) is 11.3 Å². The van der Waals surface area contributed by atoms with Crippen LogP contribution in [0.3, 0.4) is 0 Å². The molecule has 0 unspecified atom stereocenters. The van der Waals surface area contributed by atoms with E-state index < -0.39 is 0 Å². The molecular formula is C26H27NO3. The van der Waals surface area contributed by atoms with Crippen LogP contribution in [-0.2, 0) is 16.1 Å². The highest BCUT2D eigenvalue weighted by Crippen LogP contribution is 2.25. The maximum Gasteiger partial charge on any atom is 0.308 e. The zero-order valence-corrected chi connectivity index (χ0v) is 17.9. The molecule has 154 valence electrons. The second kappa shape index (κ2) is 9.40. The second-order valence-corrected chi connectivity index (χ2v) is 7.77. The van der Waals surface area contributed by atoms with Crippen molar-refractivity contribution in [2.75, 3.05) is 5.32 Å². The first-order valence-electron chi connectivity index (χ1n) is 10.1. The zero-order valence-electron chi connectivity index (χ0n) is 17.9. The molecule has 0 aromatic heterocycles. The van der Waals surface area contributed by atoms with E-state index in [1.165, 1.54) is 5.56 Å². The van der Waals surface area contributed by atoms with E-state index in [1.54, 1.807) is 13.8 Å². The van der Waals surface area contributed by atoms with Gasteiger partial charge in [-0.05, 0) is 42.7 Å². The van der Waals surface area contributed by atoms with Gasteiger partial charge in [-0.25, -0.2) is 0 Å². The predicted molar refractivity (Wildman–Crippen MR) is 120 cm³/mol. The van der Waals surface area contributed by atoms with Gasteiger partial charge in [-0.3, -0.25) is 9.59 Å². The lowest BCUT2D eigenvalue weighted by molar-refractivity contribution is -0.148. The zero-order chi connectivity index (χ0) is 21.7. The summed E-state index contributed by atoms with van der Waals surface area (Å²) in [5.74, 6) is -0.652. The molecule has 4 heteroatoms. The monoisotopic (exact) mass is 401 g/mol. The van der Waals surface area contributed by atoms with Crippen LogP contribution < -0.4 is 5.32 Å². The molecule has 0 heterocycles. The van der Waals surface area contributed by atoms with Gasteiger partial charge in [0, 0.05) is 16.8 Å². The summed E-state index contributed by atoms with van der Waals surface area (Å²) in [7, 11) is 0. The molecule has 0 bridgehead atoms. The topological polar surface area (TPSA) is 55.4 Å². The normalized spacial score (nSPS) is 10.7. The number of esters is 1. The molecule has 3 aromatic rings. The highest BCUT2D eigenvalue weighted by molar-refractivity contribution is 6.06. The Hall–Kier alpha value is -3.40. The molecule has 3 aromatic carbocycles. The van der Waals surface area contributed by atoms with Gasteiger partial charge in [-0.15, -0.1) is 0 Å². The molecule has 1 N–H and O–H groups in total. The number of anilines is 1. The van der Waals surface area contributed by atoms with E-state index in [0.717, 1.165) is 22.3 Å². The molecule has 0 atom stereocenters. The molecule has 0 spiro atoms. The fourth-order valence-electron chi connectivity index (χ4n) is 3.14. The SMILES string of the molecule is Cc1cccc(-c2ccc(C)c(C(=O)Nc3ccccc3COC(=O)C(C)C)c2)c1. The second-order valence-electron chi connectivity index (χ2n) is 7.77. The fourth-order valence-corrected chi connectivity index (χ4v) is 3.14. The maximum atomic E-state index is 13.1. The summed E-state index contributed by atoms with van der Waals surface area (Å²) in [6, 6.07) is 21.5. The minimum absolute atomic E-state index is 0.121. The van der Waals surface area contributed by atoms with Crippen LogP contribution in [0.15, 0.2) is 66.7 Å². The minimum Gasteiger partial charge on any atom is -0.461 e. The van der Waals surface area contributed by atoms with E-state index in [-0.39, 0.29) is 24.4 Å². The third kappa shape index (κ3) is 5.15. The van der Waals surface area contributed by atoms with Crippen LogP contribution in [-0.4, -0.2) is 11.9 Å². The number of para-hydroxylation sites is 1. The molecule has 0 saturated carbocycles. The van der Waals surface area contributed by atoms with Crippen LogP contribution in [0.5, 0.6) is 0 Å². The Labute approximate surface area is 177 Å². The molecule has 4 nitrogen and oxygen atoms in total. The van der Waals surface area contributed by atoms with E-state index >= 15 is 0 Å². The van der Waals surface area contributed by atoms with Gasteiger partial charge in [-0.1, -0.05) is 74.0 Å². The molecular weight excluding hydrogens is 374 g/mol. The number of hydrogen-bond donors (Lipinski definition) is 1. The van der Waals surface area contributed by atoms with Gasteiger partial charge in [-0.2, -0.15) is 0 Å². The Kier molecular flexibility index (Phi) is 6.68. The summed E-state index contributed by atoms with van der Waals surface area (Å²) in [6.45, 7) is 7.68. The number of carbonyl (C=O) groups is 2. The number of ether oxygens (including phenoxy) is 1. The summed E-state index contributed by atoms with van der Waals surface area (Å²) in [5, 5.41) is 2.98. The molecule has 0 aliphatic heterocycles. The van der Waals surface area contributed by atoms with Crippen LogP contribution in [0.1, 0.15) is 40.9 Å². The summed E-state index contributed by atoms with van der Waals surface area (Å²) >= 11 is 0. The molecule has 0 radical (unpaired) electrons. The number of amides is 1. The van der Waals surface area contributed by atoms with Crippen molar-refractivity contribution < 1.29 is 14.3 Å². The minimum atomic E-state index is -0.266. The van der Waals surface area contributed by atoms with Gasteiger partial charge >= 0.3 is 5.97 Å². The van der Waals surface area contributed by atoms with Gasteiger partial charge in [0.05, 0.1) is 5.92 Å². The number of carbonyl (C=O) groups excluding carboxylic acids is 2. The lowest BCUT2D eigenvalue weighted by Gasteiger charge is -2.14. The molecule has 0 saturated heterocycles. The van der Waals surface area contributed by atoms with Crippen LogP contribution in [0.25, 0.3) is 11.1 Å². The number of aryl methyl sites for hydroxylation is 2. The Morgan fingerprint density at radius 1 is 0.900 bits per heavy atom. The van der Waals surface area contributed by atoms with Crippen LogP contribution in [0, 0.1) is 19.8 Å². The summed E-state index contributed by atoms with van der Waals surface area (Å²) in [6.07, 6.45) is 0. The highest BCUT2D eigenvalue weighted by Gasteiger charge is 2.14. The molecule has 0 aliphatic rings. The number of benzene rings is 3. The first-order valence-corrected chi connectivity index (χ1v) is 10.1. The molecule has 0 aliphatic carbocycles. The smallest absolute Gasteiger partial charge is 0.308 e. The lowest BCUT2D eigenvalue weighted by atomic mass is 9.98. The van der Waals surface area contributed by atoms with E-state index in [1.807, 2.05) is 74.5 Å². The number of rotatable bonds is 6. The van der Waals surface area contributed by atoms with Gasteiger partial charge in [0.15, 0.2) is 0 Å². The van der Waals surface area contributed by atoms with Crippen LogP contribution >= 0.6 is 0 Å². The molecule has 1 amide bonds. The number of hydrogen-bond acceptors (Lipinski definition) is 3. The quantitative estimate of drug-likeness (QED) is 0.522. The molecule has 3 rings (SSSR count). The van der Waals surface area contributed by atoms with Crippen molar-refractivity contribution in [2.45, 2.75) is 34.3 Å². The van der Waals surface area contributed by atoms with Crippen molar-refractivity contribution in [3.63, 3.8) is 0 Å². The average molecular weight is 402 g/mol. The Morgan fingerprint density at radius 2 is 1.63 bits per heavy atom. The van der Waals surface area contributed by atoms with Gasteiger partial charge < -0.3 is 10.1 Å². The average Bonchev–Trinajstić information content (AvgIpc) is 2.73. The summed E-state index contributed by atoms with van der Waals surface area (Å²) < 4.78 is 5.34. The maximum absolute atomic E-state index is 13.1. The Bertz CT molecular complexity index is 1070. The number of nitrogens with one attached hydrogen (secondary N) is 1. The summed E-state index contributed by atoms with van der Waals surface area (Å²) in [5.41, 5.74) is 6.14. The van der Waals surface area contributed by atoms with Gasteiger partial charge in [0.25, 0.3) is 5.91 Å². The van der Waals surface area contributed by atoms with Crippen molar-refractivity contribution in [3.8, 4) is 11.1 Å². The Morgan fingerprint density at radius 3 is 2.37 bits per heavy atom. The van der Waals surface area contributed by atoms with Crippen LogP contribution in [0.4, 0.5) is 5.69 Å². The molecule has 30 heavy (non-hydrogen) atoms. The van der Waals surface area contributed by atoms with Crippen molar-refractivity contribution in [1.29, 1.82) is 0 Å². The van der Waals surface area contributed by atoms with Crippen molar-refractivity contribution in [1.82, 2.24) is 0 Å². The van der Waals surface area contributed by atoms with E-state index in [9.17, 15) is 9.59 Å². The van der Waals surface area contributed by atoms with E-state index in [4.69, 9.17) is 4.74 Å². The Balaban J connectivity index is 1.83. The van der Waals surface area contributed by atoms with Crippen molar-refractivity contribution >= 4 is 17.6 Å². The highest BCUT2D eigenvalue weighted by atomic mass is 16.5. The first kappa shape index (κ1) is 21.3. The van der Waals surface area contributed by atoms with E-state index in [2.05, 4.69) is 11.4 Å². The summed E-state index contributed by atoms with van der Waals surface area (Å²) in [4.78, 5) is 24.9. The lowest BCUT2D eigenvalue weighted by Crippen LogP contribution is -2.16. The van der Waals surface area contributed by atoms with Crippen molar-refractivity contribution in [3.05, 3.63) is 89.0 Å². The first-order chi connectivity index (χ1) is 14.3.